The van der Waals surface area contributed by atoms with Gasteiger partial charge in [-0.25, -0.2) is 9.18 Å². The molecule has 0 aliphatic heterocycles. The highest BCUT2D eigenvalue weighted by atomic mass is 19.1. The van der Waals surface area contributed by atoms with Crippen LogP contribution in [0.4, 0.5) is 4.39 Å². The first-order chi connectivity index (χ1) is 7.66. The maximum absolute atomic E-state index is 12.7. The predicted molar refractivity (Wildman–Crippen MR) is 54.8 cm³/mol. The van der Waals surface area contributed by atoms with Crippen molar-refractivity contribution < 1.29 is 14.3 Å². The Balaban J connectivity index is 2.23. The molecule has 0 saturated heterocycles. The molecular formula is C11H9FN2O2. The number of hydrogen-bond donors (Lipinski definition) is 2. The van der Waals surface area contributed by atoms with Gasteiger partial charge in [-0.3, -0.25) is 5.10 Å². The standard InChI is InChI=1S/C11H9FN2O2/c12-8-3-1-7(2-4-8)5-10-9(11(15)16)6-13-14-10/h1-4,6H,5H2,(H,13,14)(H,15,16). The molecule has 0 aliphatic rings. The van der Waals surface area contributed by atoms with Gasteiger partial charge in [0.25, 0.3) is 0 Å². The highest BCUT2D eigenvalue weighted by Crippen LogP contribution is 2.12. The molecule has 2 rings (SSSR count). The van der Waals surface area contributed by atoms with Crippen molar-refractivity contribution in [2.45, 2.75) is 6.42 Å². The van der Waals surface area contributed by atoms with Crippen LogP contribution in [0.15, 0.2) is 30.5 Å². The first-order valence-corrected chi connectivity index (χ1v) is 4.67. The van der Waals surface area contributed by atoms with Crippen molar-refractivity contribution in [1.82, 2.24) is 10.2 Å². The van der Waals surface area contributed by atoms with Gasteiger partial charge in [0.1, 0.15) is 11.4 Å². The molecule has 1 aromatic carbocycles. The number of hydrogen-bond acceptors (Lipinski definition) is 2. The molecule has 2 N–H and O–H groups in total. The molecule has 0 atom stereocenters. The summed E-state index contributed by atoms with van der Waals surface area (Å²) in [5, 5.41) is 15.2. The molecule has 2 aromatic rings. The third-order valence-corrected chi connectivity index (χ3v) is 2.24. The summed E-state index contributed by atoms with van der Waals surface area (Å²) in [6, 6.07) is 5.90. The fourth-order valence-electron chi connectivity index (χ4n) is 1.44. The van der Waals surface area contributed by atoms with Crippen LogP contribution in [0, 0.1) is 5.82 Å². The lowest BCUT2D eigenvalue weighted by atomic mass is 10.1. The number of halogens is 1. The van der Waals surface area contributed by atoms with E-state index in [1.165, 1.54) is 18.3 Å². The van der Waals surface area contributed by atoms with Crippen molar-refractivity contribution in [1.29, 1.82) is 0 Å². The van der Waals surface area contributed by atoms with Crippen molar-refractivity contribution in [3.63, 3.8) is 0 Å². The second-order valence-electron chi connectivity index (χ2n) is 3.37. The van der Waals surface area contributed by atoms with Crippen LogP contribution in [0.5, 0.6) is 0 Å². The summed E-state index contributed by atoms with van der Waals surface area (Å²) >= 11 is 0. The number of carboxylic acid groups (broad SMARTS) is 1. The fraction of sp³-hybridized carbons (Fsp3) is 0.0909. The highest BCUT2D eigenvalue weighted by molar-refractivity contribution is 5.88. The summed E-state index contributed by atoms with van der Waals surface area (Å²) in [6.45, 7) is 0. The second kappa shape index (κ2) is 4.14. The van der Waals surface area contributed by atoms with E-state index >= 15 is 0 Å². The lowest BCUT2D eigenvalue weighted by molar-refractivity contribution is 0.0696. The van der Waals surface area contributed by atoms with Crippen LogP contribution in [-0.4, -0.2) is 21.3 Å². The van der Waals surface area contributed by atoms with Crippen molar-refractivity contribution in [2.75, 3.05) is 0 Å². The van der Waals surface area contributed by atoms with Gasteiger partial charge in [0.15, 0.2) is 0 Å². The second-order valence-corrected chi connectivity index (χ2v) is 3.37. The van der Waals surface area contributed by atoms with Crippen molar-refractivity contribution in [3.8, 4) is 0 Å². The van der Waals surface area contributed by atoms with E-state index in [9.17, 15) is 9.18 Å². The fourth-order valence-corrected chi connectivity index (χ4v) is 1.44. The summed E-state index contributed by atoms with van der Waals surface area (Å²) in [4.78, 5) is 10.8. The molecule has 0 saturated carbocycles. The molecule has 1 heterocycles. The lowest BCUT2D eigenvalue weighted by Crippen LogP contribution is -2.00. The number of carboxylic acids is 1. The maximum atomic E-state index is 12.7. The minimum Gasteiger partial charge on any atom is -0.478 e. The van der Waals surface area contributed by atoms with Crippen LogP contribution in [0.2, 0.25) is 0 Å². The number of benzene rings is 1. The first-order valence-electron chi connectivity index (χ1n) is 4.67. The zero-order valence-electron chi connectivity index (χ0n) is 8.27. The number of H-pyrrole nitrogens is 1. The van der Waals surface area contributed by atoms with Gasteiger partial charge in [0.05, 0.1) is 11.9 Å². The number of aromatic amines is 1. The predicted octanol–water partition coefficient (Wildman–Crippen LogP) is 1.84. The number of nitrogens with one attached hydrogen (secondary N) is 1. The Bertz CT molecular complexity index is 505. The summed E-state index contributed by atoms with van der Waals surface area (Å²) in [5.41, 5.74) is 1.48. The van der Waals surface area contributed by atoms with Crippen LogP contribution in [0.1, 0.15) is 21.6 Å². The third-order valence-electron chi connectivity index (χ3n) is 2.24. The van der Waals surface area contributed by atoms with Crippen molar-refractivity contribution in [2.24, 2.45) is 0 Å². The van der Waals surface area contributed by atoms with Gasteiger partial charge in [0, 0.05) is 6.42 Å². The number of aromatic carboxylic acids is 1. The van der Waals surface area contributed by atoms with E-state index in [4.69, 9.17) is 5.11 Å². The van der Waals surface area contributed by atoms with Crippen LogP contribution >= 0.6 is 0 Å². The maximum Gasteiger partial charge on any atom is 0.339 e. The van der Waals surface area contributed by atoms with E-state index in [0.717, 1.165) is 5.56 Å². The van der Waals surface area contributed by atoms with Gasteiger partial charge in [-0.1, -0.05) is 12.1 Å². The van der Waals surface area contributed by atoms with Gasteiger partial charge in [-0.2, -0.15) is 5.10 Å². The Labute approximate surface area is 90.7 Å². The Kier molecular flexibility index (Phi) is 2.68. The number of aromatic nitrogens is 2. The van der Waals surface area contributed by atoms with Crippen LogP contribution in [0.3, 0.4) is 0 Å². The van der Waals surface area contributed by atoms with E-state index in [2.05, 4.69) is 10.2 Å². The van der Waals surface area contributed by atoms with Gasteiger partial charge < -0.3 is 5.11 Å². The van der Waals surface area contributed by atoms with E-state index in [1.807, 2.05) is 0 Å². The third kappa shape index (κ3) is 2.08. The van der Waals surface area contributed by atoms with Crippen molar-refractivity contribution in [3.05, 3.63) is 53.1 Å². The molecule has 5 heteroatoms. The molecule has 0 bridgehead atoms. The topological polar surface area (TPSA) is 66.0 Å². The molecule has 82 valence electrons. The Morgan fingerprint density at radius 1 is 1.38 bits per heavy atom. The lowest BCUT2D eigenvalue weighted by Gasteiger charge is -2.00. The van der Waals surface area contributed by atoms with Gasteiger partial charge in [-0.15, -0.1) is 0 Å². The Morgan fingerprint density at radius 2 is 2.06 bits per heavy atom. The summed E-state index contributed by atoms with van der Waals surface area (Å²) in [6.07, 6.45) is 1.66. The molecule has 0 aliphatic carbocycles. The zero-order valence-corrected chi connectivity index (χ0v) is 8.27. The Hall–Kier alpha value is -2.17. The normalized spacial score (nSPS) is 10.3. The molecule has 16 heavy (non-hydrogen) atoms. The minimum atomic E-state index is -1.02. The van der Waals surface area contributed by atoms with Gasteiger partial charge in [0.2, 0.25) is 0 Å². The number of nitrogens with zero attached hydrogens (tertiary/aromatic N) is 1. The molecule has 0 unspecified atom stereocenters. The van der Waals surface area contributed by atoms with Gasteiger partial charge in [-0.05, 0) is 17.7 Å². The molecule has 0 fully saturated rings. The minimum absolute atomic E-state index is 0.143. The SMILES string of the molecule is O=C(O)c1cn[nH]c1Cc1ccc(F)cc1. The molecule has 4 nitrogen and oxygen atoms in total. The summed E-state index contributed by atoms with van der Waals surface area (Å²) < 4.78 is 12.7. The molecule has 0 radical (unpaired) electrons. The van der Waals surface area contributed by atoms with Crippen LogP contribution in [0.25, 0.3) is 0 Å². The van der Waals surface area contributed by atoms with Crippen molar-refractivity contribution >= 4 is 5.97 Å². The van der Waals surface area contributed by atoms with E-state index in [-0.39, 0.29) is 11.4 Å². The molecule has 0 amide bonds. The summed E-state index contributed by atoms with van der Waals surface area (Å²) in [5.74, 6) is -1.34. The molecular weight excluding hydrogens is 211 g/mol. The summed E-state index contributed by atoms with van der Waals surface area (Å²) in [7, 11) is 0. The average molecular weight is 220 g/mol. The molecule has 0 spiro atoms. The average Bonchev–Trinajstić information content (AvgIpc) is 2.69. The zero-order chi connectivity index (χ0) is 11.5. The monoisotopic (exact) mass is 220 g/mol. The van der Waals surface area contributed by atoms with E-state index in [1.54, 1.807) is 12.1 Å². The van der Waals surface area contributed by atoms with Gasteiger partial charge >= 0.3 is 5.97 Å². The molecule has 1 aromatic heterocycles. The largest absolute Gasteiger partial charge is 0.478 e. The van der Waals surface area contributed by atoms with Crippen LogP contribution in [-0.2, 0) is 6.42 Å². The van der Waals surface area contributed by atoms with Crippen LogP contribution < -0.4 is 0 Å². The first kappa shape index (κ1) is 10.4. The van der Waals surface area contributed by atoms with E-state index in [0.29, 0.717) is 12.1 Å². The highest BCUT2D eigenvalue weighted by Gasteiger charge is 2.12. The quantitative estimate of drug-likeness (QED) is 0.829. The van der Waals surface area contributed by atoms with E-state index < -0.39 is 5.97 Å². The number of carbonyl (C=O) groups is 1. The number of rotatable bonds is 3. The Morgan fingerprint density at radius 3 is 2.69 bits per heavy atom. The smallest absolute Gasteiger partial charge is 0.339 e.